The molecule has 1 aliphatic heterocycles. The summed E-state index contributed by atoms with van der Waals surface area (Å²) in [5, 5.41) is 4.91. The van der Waals surface area contributed by atoms with Gasteiger partial charge in [0.25, 0.3) is 5.91 Å². The van der Waals surface area contributed by atoms with Crippen molar-refractivity contribution in [1.29, 1.82) is 0 Å². The Kier molecular flexibility index (Phi) is 6.51. The lowest BCUT2D eigenvalue weighted by molar-refractivity contribution is 0.0696. The van der Waals surface area contributed by atoms with Crippen molar-refractivity contribution in [3.8, 4) is 5.69 Å². The first-order valence-electron chi connectivity index (χ1n) is 10.3. The van der Waals surface area contributed by atoms with Gasteiger partial charge in [-0.1, -0.05) is 24.6 Å². The van der Waals surface area contributed by atoms with Gasteiger partial charge in [-0.25, -0.2) is 21.9 Å². The number of nitrogens with zero attached hydrogens (tertiary/aromatic N) is 4. The van der Waals surface area contributed by atoms with Gasteiger partial charge in [0.15, 0.2) is 0 Å². The maximum atomic E-state index is 14.1. The zero-order chi connectivity index (χ0) is 23.8. The molecule has 0 radical (unpaired) electrons. The first kappa shape index (κ1) is 23.3. The standard InChI is InChI=1S/C22H21ClF2N4O3S/c1-2-20-18(14-26-29(20)17-5-3-4-15(23)12-17)22(30)27-8-10-28(11-9-27)33(31,32)21-7-6-16(24)13-19(21)25/h3-7,12-14H,2,8-11H2,1H3. The lowest BCUT2D eigenvalue weighted by atomic mass is 10.1. The molecule has 0 bridgehead atoms. The fourth-order valence-corrected chi connectivity index (χ4v) is 5.50. The van der Waals surface area contributed by atoms with Crippen LogP contribution in [0.2, 0.25) is 5.02 Å². The van der Waals surface area contributed by atoms with Crippen molar-refractivity contribution in [3.05, 3.63) is 76.6 Å². The lowest BCUT2D eigenvalue weighted by Crippen LogP contribution is -2.50. The number of rotatable bonds is 5. The molecule has 7 nitrogen and oxygen atoms in total. The second kappa shape index (κ2) is 9.20. The molecule has 3 aromatic rings. The molecule has 11 heteroatoms. The molecule has 0 unspecified atom stereocenters. The summed E-state index contributed by atoms with van der Waals surface area (Å²) in [6, 6.07) is 9.48. The van der Waals surface area contributed by atoms with Crippen molar-refractivity contribution in [2.45, 2.75) is 18.2 Å². The van der Waals surface area contributed by atoms with E-state index in [0.717, 1.165) is 22.1 Å². The predicted molar refractivity (Wildman–Crippen MR) is 119 cm³/mol. The molecule has 0 atom stereocenters. The predicted octanol–water partition coefficient (Wildman–Crippen LogP) is 3.51. The minimum absolute atomic E-state index is 0.00518. The molecular formula is C22H21ClF2N4O3S. The van der Waals surface area contributed by atoms with E-state index in [1.165, 1.54) is 6.20 Å². The van der Waals surface area contributed by atoms with Crippen LogP contribution in [0.25, 0.3) is 5.69 Å². The molecule has 0 aliphatic carbocycles. The molecule has 174 valence electrons. The van der Waals surface area contributed by atoms with Gasteiger partial charge in [0.05, 0.1) is 23.1 Å². The average Bonchev–Trinajstić information content (AvgIpc) is 3.22. The Morgan fingerprint density at radius 3 is 2.45 bits per heavy atom. The zero-order valence-corrected chi connectivity index (χ0v) is 19.3. The summed E-state index contributed by atoms with van der Waals surface area (Å²) in [6.45, 7) is 2.17. The van der Waals surface area contributed by atoms with Crippen molar-refractivity contribution in [3.63, 3.8) is 0 Å². The molecule has 2 heterocycles. The van der Waals surface area contributed by atoms with Crippen molar-refractivity contribution in [1.82, 2.24) is 19.0 Å². The van der Waals surface area contributed by atoms with Gasteiger partial charge in [-0.15, -0.1) is 0 Å². The average molecular weight is 495 g/mol. The molecule has 33 heavy (non-hydrogen) atoms. The Labute approximate surface area is 195 Å². The number of halogens is 3. The van der Waals surface area contributed by atoms with E-state index in [9.17, 15) is 22.0 Å². The summed E-state index contributed by atoms with van der Waals surface area (Å²) in [6.07, 6.45) is 2.05. The summed E-state index contributed by atoms with van der Waals surface area (Å²) >= 11 is 6.08. The summed E-state index contributed by atoms with van der Waals surface area (Å²) in [4.78, 5) is 14.1. The summed E-state index contributed by atoms with van der Waals surface area (Å²) < 4.78 is 55.6. The molecule has 0 spiro atoms. The minimum atomic E-state index is -4.15. The third-order valence-corrected chi connectivity index (χ3v) is 7.69. The largest absolute Gasteiger partial charge is 0.336 e. The summed E-state index contributed by atoms with van der Waals surface area (Å²) in [5.74, 6) is -2.26. The van der Waals surface area contributed by atoms with E-state index in [1.807, 2.05) is 13.0 Å². The van der Waals surface area contributed by atoms with Crippen molar-refractivity contribution >= 4 is 27.5 Å². The van der Waals surface area contributed by atoms with Gasteiger partial charge < -0.3 is 4.90 Å². The second-order valence-electron chi connectivity index (χ2n) is 7.52. The maximum absolute atomic E-state index is 14.1. The van der Waals surface area contributed by atoms with Crippen molar-refractivity contribution in [2.75, 3.05) is 26.2 Å². The van der Waals surface area contributed by atoms with Crippen molar-refractivity contribution < 1.29 is 22.0 Å². The van der Waals surface area contributed by atoms with E-state index >= 15 is 0 Å². The normalized spacial score (nSPS) is 15.1. The Morgan fingerprint density at radius 2 is 1.82 bits per heavy atom. The molecule has 1 saturated heterocycles. The van der Waals surface area contributed by atoms with Gasteiger partial charge >= 0.3 is 0 Å². The maximum Gasteiger partial charge on any atom is 0.257 e. The second-order valence-corrected chi connectivity index (χ2v) is 9.86. The number of hydrogen-bond acceptors (Lipinski definition) is 4. The molecule has 4 rings (SSSR count). The van der Waals surface area contributed by atoms with Crippen LogP contribution in [-0.2, 0) is 16.4 Å². The van der Waals surface area contributed by atoms with Crippen LogP contribution in [0, 0.1) is 11.6 Å². The van der Waals surface area contributed by atoms with Gasteiger partial charge in [-0.3, -0.25) is 4.79 Å². The van der Waals surface area contributed by atoms with Gasteiger partial charge in [0.2, 0.25) is 10.0 Å². The highest BCUT2D eigenvalue weighted by Crippen LogP contribution is 2.24. The van der Waals surface area contributed by atoms with Crippen LogP contribution in [0.1, 0.15) is 23.0 Å². The van der Waals surface area contributed by atoms with Crippen molar-refractivity contribution in [2.24, 2.45) is 0 Å². The number of piperazine rings is 1. The topological polar surface area (TPSA) is 75.5 Å². The number of carbonyl (C=O) groups excluding carboxylic acids is 1. The molecule has 0 saturated carbocycles. The number of benzene rings is 2. The first-order chi connectivity index (χ1) is 15.7. The van der Waals surface area contributed by atoms with E-state index in [0.29, 0.717) is 28.8 Å². The summed E-state index contributed by atoms with van der Waals surface area (Å²) in [7, 11) is -4.15. The highest BCUT2D eigenvalue weighted by Gasteiger charge is 2.33. The molecule has 1 aliphatic rings. The fourth-order valence-electron chi connectivity index (χ4n) is 3.85. The number of amides is 1. The summed E-state index contributed by atoms with van der Waals surface area (Å²) in [5.41, 5.74) is 1.87. The van der Waals surface area contributed by atoms with E-state index in [4.69, 9.17) is 11.6 Å². The first-order valence-corrected chi connectivity index (χ1v) is 12.1. The SMILES string of the molecule is CCc1c(C(=O)N2CCN(S(=O)(=O)c3ccc(F)cc3F)CC2)cnn1-c1cccc(Cl)c1. The van der Waals surface area contributed by atoms with Gasteiger partial charge in [0.1, 0.15) is 16.5 Å². The number of sulfonamides is 1. The lowest BCUT2D eigenvalue weighted by Gasteiger charge is -2.34. The number of carbonyl (C=O) groups is 1. The van der Waals surface area contributed by atoms with E-state index in [-0.39, 0.29) is 32.1 Å². The van der Waals surface area contributed by atoms with Gasteiger partial charge in [-0.05, 0) is 36.8 Å². The smallest absolute Gasteiger partial charge is 0.257 e. The molecular weight excluding hydrogens is 474 g/mol. The van der Waals surface area contributed by atoms with Gasteiger partial charge in [0, 0.05) is 37.3 Å². The third kappa shape index (κ3) is 4.50. The van der Waals surface area contributed by atoms with Crippen LogP contribution in [0.15, 0.2) is 53.6 Å². The van der Waals surface area contributed by atoms with E-state index < -0.39 is 26.6 Å². The van der Waals surface area contributed by atoms with Crippen LogP contribution < -0.4 is 0 Å². The molecule has 0 N–H and O–H groups in total. The Morgan fingerprint density at radius 1 is 1.09 bits per heavy atom. The Hall–Kier alpha value is -2.82. The van der Waals surface area contributed by atoms with Crippen LogP contribution in [0.3, 0.4) is 0 Å². The number of aromatic nitrogens is 2. The van der Waals surface area contributed by atoms with Gasteiger partial charge in [-0.2, -0.15) is 9.40 Å². The zero-order valence-electron chi connectivity index (χ0n) is 17.7. The molecule has 1 fully saturated rings. The third-order valence-electron chi connectivity index (χ3n) is 5.52. The fraction of sp³-hybridized carbons (Fsp3) is 0.273. The highest BCUT2D eigenvalue weighted by molar-refractivity contribution is 7.89. The van der Waals surface area contributed by atoms with Crippen LogP contribution in [0.5, 0.6) is 0 Å². The number of hydrogen-bond donors (Lipinski definition) is 0. The van der Waals surface area contributed by atoms with Crippen LogP contribution in [0.4, 0.5) is 8.78 Å². The molecule has 1 aromatic heterocycles. The molecule has 1 amide bonds. The van der Waals surface area contributed by atoms with E-state index in [1.54, 1.807) is 27.8 Å². The van der Waals surface area contributed by atoms with Crippen LogP contribution >= 0.6 is 11.6 Å². The van der Waals surface area contributed by atoms with E-state index in [2.05, 4.69) is 5.10 Å². The minimum Gasteiger partial charge on any atom is -0.336 e. The Bertz CT molecular complexity index is 1300. The quantitative estimate of drug-likeness (QED) is 0.544. The Balaban J connectivity index is 1.51. The van der Waals surface area contributed by atoms with Crippen LogP contribution in [-0.4, -0.2) is 59.5 Å². The highest BCUT2D eigenvalue weighted by atomic mass is 35.5. The monoisotopic (exact) mass is 494 g/mol. The molecule has 2 aromatic carbocycles.